The highest BCUT2D eigenvalue weighted by atomic mass is 32.1. The number of thiophene rings is 1. The fourth-order valence-corrected chi connectivity index (χ4v) is 4.29. The summed E-state index contributed by atoms with van der Waals surface area (Å²) in [5.41, 5.74) is 1.50. The lowest BCUT2D eigenvalue weighted by atomic mass is 10.2. The van der Waals surface area contributed by atoms with Crippen molar-refractivity contribution in [3.63, 3.8) is 0 Å². The van der Waals surface area contributed by atoms with Crippen molar-refractivity contribution in [2.24, 2.45) is 0 Å². The number of aromatic nitrogens is 1. The molecule has 0 atom stereocenters. The number of alkyl carbamates (subject to hydrolysis) is 1. The maximum atomic E-state index is 12.8. The van der Waals surface area contributed by atoms with E-state index in [1.54, 1.807) is 49.7 Å². The van der Waals surface area contributed by atoms with Gasteiger partial charge < -0.3 is 30.7 Å². The van der Waals surface area contributed by atoms with E-state index in [2.05, 4.69) is 26.3 Å². The Morgan fingerprint density at radius 1 is 1.00 bits per heavy atom. The van der Waals surface area contributed by atoms with Crippen molar-refractivity contribution in [2.45, 2.75) is 26.4 Å². The molecule has 1 aromatic carbocycles. The van der Waals surface area contributed by atoms with Gasteiger partial charge >= 0.3 is 12.1 Å². The fraction of sp³-hybridized carbons (Fsp3) is 0.304. The highest BCUT2D eigenvalue weighted by Gasteiger charge is 2.18. The first-order valence-corrected chi connectivity index (χ1v) is 12.4. The molecule has 0 aliphatic heterocycles. The van der Waals surface area contributed by atoms with Gasteiger partial charge in [-0.1, -0.05) is 12.1 Å². The number of esters is 1. The topological polar surface area (TPSA) is 131 Å². The minimum Gasteiger partial charge on any atom is -0.465 e. The van der Waals surface area contributed by atoms with Crippen LogP contribution in [0.2, 0.25) is 0 Å². The number of para-hydroxylation sites is 2. The van der Waals surface area contributed by atoms with Crippen molar-refractivity contribution in [1.82, 2.24) is 10.3 Å². The van der Waals surface area contributed by atoms with Crippen molar-refractivity contribution in [3.8, 4) is 0 Å². The Kier molecular flexibility index (Phi) is 8.66. The lowest BCUT2D eigenvalue weighted by Crippen LogP contribution is -2.35. The van der Waals surface area contributed by atoms with Crippen LogP contribution in [0.15, 0.2) is 41.1 Å². The number of nitrogens with zero attached hydrogens (tertiary/aromatic N) is 1. The third-order valence-corrected chi connectivity index (χ3v) is 5.95. The zero-order chi connectivity index (χ0) is 25.4. The Morgan fingerprint density at radius 2 is 1.74 bits per heavy atom. The molecule has 0 bridgehead atoms. The average molecular weight is 518 g/mol. The van der Waals surface area contributed by atoms with E-state index < -0.39 is 17.7 Å². The Hall–Kier alpha value is -3.64. The molecule has 12 heteroatoms. The first-order chi connectivity index (χ1) is 16.7. The minimum atomic E-state index is -0.563. The summed E-state index contributed by atoms with van der Waals surface area (Å²) in [6, 6.07) is 8.98. The zero-order valence-corrected chi connectivity index (χ0v) is 21.4. The van der Waals surface area contributed by atoms with Gasteiger partial charge in [-0.3, -0.25) is 4.79 Å². The van der Waals surface area contributed by atoms with Crippen LogP contribution in [-0.4, -0.2) is 48.8 Å². The molecule has 0 radical (unpaired) electrons. The Morgan fingerprint density at radius 3 is 2.46 bits per heavy atom. The van der Waals surface area contributed by atoms with Gasteiger partial charge in [0.25, 0.3) is 5.91 Å². The van der Waals surface area contributed by atoms with E-state index in [4.69, 9.17) is 9.47 Å². The van der Waals surface area contributed by atoms with Crippen LogP contribution in [0.5, 0.6) is 0 Å². The van der Waals surface area contributed by atoms with Gasteiger partial charge in [0.2, 0.25) is 0 Å². The van der Waals surface area contributed by atoms with Crippen molar-refractivity contribution in [3.05, 3.63) is 51.7 Å². The van der Waals surface area contributed by atoms with Gasteiger partial charge in [-0.25, -0.2) is 14.6 Å². The molecule has 2 aromatic heterocycles. The van der Waals surface area contributed by atoms with Crippen LogP contribution in [0.4, 0.5) is 27.0 Å². The number of thiazole rings is 1. The Bertz CT molecular complexity index is 1180. The molecule has 2 amide bonds. The number of nitrogens with one attached hydrogen (secondary N) is 4. The zero-order valence-electron chi connectivity index (χ0n) is 19.8. The molecule has 4 N–H and O–H groups in total. The van der Waals surface area contributed by atoms with Crippen molar-refractivity contribution < 1.29 is 23.9 Å². The minimum absolute atomic E-state index is 0.230. The molecule has 0 fully saturated rings. The molecular formula is C23H27N5O5S2. The lowest BCUT2D eigenvalue weighted by Gasteiger charge is -2.20. The summed E-state index contributed by atoms with van der Waals surface area (Å²) in [5.74, 6) is -0.823. The third kappa shape index (κ3) is 7.69. The first kappa shape index (κ1) is 26.0. The number of anilines is 4. The van der Waals surface area contributed by atoms with Gasteiger partial charge in [0, 0.05) is 18.5 Å². The van der Waals surface area contributed by atoms with Crippen LogP contribution < -0.4 is 21.3 Å². The number of carbonyl (C=O) groups is 3. The molecule has 0 aliphatic carbocycles. The molecule has 3 aromatic rings. The lowest BCUT2D eigenvalue weighted by molar-refractivity contribution is 0.0528. The van der Waals surface area contributed by atoms with Crippen molar-refractivity contribution in [1.29, 1.82) is 0 Å². The standard InChI is InChI=1S/C23H27N5O5S2/c1-23(2,3)33-22(31)25-11-10-24-14-7-5-6-8-15(14)26-19(29)17-13-35-21(28-17)27-16-9-12-34-18(16)20(30)32-4/h5-9,12-13,24H,10-11H2,1-4H3,(H,25,31)(H,26,29)(H,27,28). The van der Waals surface area contributed by atoms with E-state index in [0.717, 1.165) is 0 Å². The number of ether oxygens (including phenoxy) is 2. The Labute approximate surface area is 211 Å². The van der Waals surface area contributed by atoms with Crippen LogP contribution in [-0.2, 0) is 9.47 Å². The highest BCUT2D eigenvalue weighted by Crippen LogP contribution is 2.29. The van der Waals surface area contributed by atoms with E-state index in [0.29, 0.717) is 40.2 Å². The van der Waals surface area contributed by atoms with Gasteiger partial charge in [0.05, 0.1) is 24.2 Å². The van der Waals surface area contributed by atoms with Crippen molar-refractivity contribution in [2.75, 3.05) is 36.1 Å². The molecule has 35 heavy (non-hydrogen) atoms. The largest absolute Gasteiger partial charge is 0.465 e. The number of amides is 2. The summed E-state index contributed by atoms with van der Waals surface area (Å²) in [6.07, 6.45) is -0.491. The maximum Gasteiger partial charge on any atom is 0.407 e. The van der Waals surface area contributed by atoms with Crippen LogP contribution in [0.25, 0.3) is 0 Å². The SMILES string of the molecule is COC(=O)c1sccc1Nc1nc(C(=O)Nc2ccccc2NCCNC(=O)OC(C)(C)C)cs1. The molecule has 0 spiro atoms. The molecular weight excluding hydrogens is 490 g/mol. The summed E-state index contributed by atoms with van der Waals surface area (Å²) in [4.78, 5) is 41.1. The molecule has 186 valence electrons. The smallest absolute Gasteiger partial charge is 0.407 e. The summed E-state index contributed by atoms with van der Waals surface area (Å²) in [5, 5.41) is 15.6. The van der Waals surface area contributed by atoms with E-state index >= 15 is 0 Å². The second-order valence-corrected chi connectivity index (χ2v) is 9.95. The van der Waals surface area contributed by atoms with Crippen LogP contribution in [0.3, 0.4) is 0 Å². The third-order valence-electron chi connectivity index (χ3n) is 4.30. The van der Waals surface area contributed by atoms with Gasteiger partial charge in [-0.2, -0.15) is 0 Å². The molecule has 0 saturated carbocycles. The molecule has 0 saturated heterocycles. The molecule has 10 nitrogen and oxygen atoms in total. The maximum absolute atomic E-state index is 12.8. The van der Waals surface area contributed by atoms with Gasteiger partial charge in [-0.05, 0) is 44.4 Å². The summed E-state index contributed by atoms with van der Waals surface area (Å²) < 4.78 is 9.98. The van der Waals surface area contributed by atoms with Gasteiger partial charge in [-0.15, -0.1) is 22.7 Å². The number of hydrogen-bond donors (Lipinski definition) is 4. The number of carbonyl (C=O) groups excluding carboxylic acids is 3. The second-order valence-electron chi connectivity index (χ2n) is 8.17. The molecule has 2 heterocycles. The number of hydrogen-bond acceptors (Lipinski definition) is 10. The summed E-state index contributed by atoms with van der Waals surface area (Å²) in [6.45, 7) is 6.17. The molecule has 0 unspecified atom stereocenters. The predicted octanol–water partition coefficient (Wildman–Crippen LogP) is 4.92. The average Bonchev–Trinajstić information content (AvgIpc) is 3.46. The summed E-state index contributed by atoms with van der Waals surface area (Å²) >= 11 is 2.50. The highest BCUT2D eigenvalue weighted by molar-refractivity contribution is 7.14. The van der Waals surface area contributed by atoms with E-state index in [-0.39, 0.29) is 11.6 Å². The van der Waals surface area contributed by atoms with E-state index in [1.807, 2.05) is 12.1 Å². The second kappa shape index (κ2) is 11.7. The van der Waals surface area contributed by atoms with E-state index in [1.165, 1.54) is 29.8 Å². The van der Waals surface area contributed by atoms with Crippen LogP contribution in [0.1, 0.15) is 40.9 Å². The first-order valence-electron chi connectivity index (χ1n) is 10.7. The van der Waals surface area contributed by atoms with Gasteiger partial charge in [0.1, 0.15) is 16.2 Å². The quantitative estimate of drug-likeness (QED) is 0.232. The summed E-state index contributed by atoms with van der Waals surface area (Å²) in [7, 11) is 1.32. The normalized spacial score (nSPS) is 10.9. The fourth-order valence-electron chi connectivity index (χ4n) is 2.82. The number of benzene rings is 1. The Balaban J connectivity index is 1.56. The van der Waals surface area contributed by atoms with Crippen molar-refractivity contribution >= 4 is 62.8 Å². The predicted molar refractivity (Wildman–Crippen MR) is 138 cm³/mol. The van der Waals surface area contributed by atoms with Crippen LogP contribution >= 0.6 is 22.7 Å². The van der Waals surface area contributed by atoms with E-state index in [9.17, 15) is 14.4 Å². The monoisotopic (exact) mass is 517 g/mol. The van der Waals surface area contributed by atoms with Crippen LogP contribution in [0, 0.1) is 0 Å². The molecule has 0 aliphatic rings. The molecule has 3 rings (SSSR count). The number of methoxy groups -OCH3 is 1. The van der Waals surface area contributed by atoms with Gasteiger partial charge in [0.15, 0.2) is 5.13 Å². The number of rotatable bonds is 9.